The second-order valence-corrected chi connectivity index (χ2v) is 10.2. The summed E-state index contributed by atoms with van der Waals surface area (Å²) in [5.41, 5.74) is 4.85. The molecule has 1 saturated heterocycles. The van der Waals surface area contributed by atoms with Gasteiger partial charge in [0, 0.05) is 56.5 Å². The molecule has 3 aromatic heterocycles. The standard InChI is InChI=1S/C27H32N6O2/c1-30(2)19-9-10-32(16-19)25-8-6-18(14-29-25)17-5-7-23-22(11-17)26-24(15-28-23)31(3)27(34)33(26)20-12-21(13-20)35-4/h5-8,11,14-15,19-21H,9-10,12-13,16H2,1-4H3/t19-,20?,21?/m0/s1. The molecule has 4 aromatic rings. The lowest BCUT2D eigenvalue weighted by Crippen LogP contribution is -2.37. The first-order valence-corrected chi connectivity index (χ1v) is 12.3. The van der Waals surface area contributed by atoms with Gasteiger partial charge in [0.2, 0.25) is 0 Å². The number of ether oxygens (including phenoxy) is 1. The van der Waals surface area contributed by atoms with Crippen molar-refractivity contribution in [1.29, 1.82) is 0 Å². The van der Waals surface area contributed by atoms with Gasteiger partial charge >= 0.3 is 5.69 Å². The molecule has 1 saturated carbocycles. The number of rotatable bonds is 5. The van der Waals surface area contributed by atoms with Gasteiger partial charge in [-0.1, -0.05) is 6.07 Å². The Bertz CT molecular complexity index is 1450. The zero-order chi connectivity index (χ0) is 24.3. The summed E-state index contributed by atoms with van der Waals surface area (Å²) in [6.07, 6.45) is 6.87. The molecule has 1 atom stereocenters. The summed E-state index contributed by atoms with van der Waals surface area (Å²) in [6.45, 7) is 2.04. The van der Waals surface area contributed by atoms with E-state index in [9.17, 15) is 4.79 Å². The largest absolute Gasteiger partial charge is 0.381 e. The van der Waals surface area contributed by atoms with Gasteiger partial charge in [-0.3, -0.25) is 14.1 Å². The Kier molecular flexibility index (Phi) is 5.38. The van der Waals surface area contributed by atoms with Crippen LogP contribution in [0.1, 0.15) is 25.3 Å². The van der Waals surface area contributed by atoms with Crippen LogP contribution in [-0.2, 0) is 11.8 Å². The Morgan fingerprint density at radius 2 is 1.86 bits per heavy atom. The number of methoxy groups -OCH3 is 1. The van der Waals surface area contributed by atoms with E-state index < -0.39 is 0 Å². The number of nitrogens with zero attached hydrogens (tertiary/aromatic N) is 6. The Morgan fingerprint density at radius 1 is 1.06 bits per heavy atom. The van der Waals surface area contributed by atoms with Gasteiger partial charge in [0.05, 0.1) is 28.9 Å². The van der Waals surface area contributed by atoms with E-state index in [2.05, 4.69) is 53.1 Å². The highest BCUT2D eigenvalue weighted by Gasteiger charge is 2.33. The van der Waals surface area contributed by atoms with Gasteiger partial charge in [-0.15, -0.1) is 0 Å². The van der Waals surface area contributed by atoms with Gasteiger partial charge in [-0.2, -0.15) is 0 Å². The quantitative estimate of drug-likeness (QED) is 0.443. The van der Waals surface area contributed by atoms with Crippen LogP contribution in [0.4, 0.5) is 5.82 Å². The smallest absolute Gasteiger partial charge is 0.329 e. The van der Waals surface area contributed by atoms with E-state index in [1.807, 2.05) is 30.1 Å². The molecule has 0 spiro atoms. The maximum Gasteiger partial charge on any atom is 0.329 e. The Hall–Kier alpha value is -3.23. The summed E-state index contributed by atoms with van der Waals surface area (Å²) < 4.78 is 9.14. The normalized spacial score (nSPS) is 22.4. The molecule has 0 bridgehead atoms. The summed E-state index contributed by atoms with van der Waals surface area (Å²) in [4.78, 5) is 27.3. The van der Waals surface area contributed by atoms with Gasteiger partial charge in [0.1, 0.15) is 5.82 Å². The molecule has 1 aromatic carbocycles. The summed E-state index contributed by atoms with van der Waals surface area (Å²) in [7, 11) is 7.85. The van der Waals surface area contributed by atoms with Gasteiger partial charge < -0.3 is 14.5 Å². The third kappa shape index (κ3) is 3.63. The van der Waals surface area contributed by atoms with E-state index in [0.717, 1.165) is 71.2 Å². The SMILES string of the molecule is COC1CC(n2c(=O)n(C)c3cnc4ccc(-c5ccc(N6CC[C@H](N(C)C)C6)nc5)cc4c32)C1. The monoisotopic (exact) mass is 472 g/mol. The lowest BCUT2D eigenvalue weighted by atomic mass is 9.89. The number of pyridine rings is 2. The molecule has 182 valence electrons. The summed E-state index contributed by atoms with van der Waals surface area (Å²) in [5, 5.41) is 0.996. The van der Waals surface area contributed by atoms with Crippen LogP contribution in [0.25, 0.3) is 33.1 Å². The first kappa shape index (κ1) is 22.2. The van der Waals surface area contributed by atoms with Gasteiger partial charge in [0.15, 0.2) is 0 Å². The maximum absolute atomic E-state index is 13.2. The zero-order valence-electron chi connectivity index (χ0n) is 20.8. The van der Waals surface area contributed by atoms with E-state index >= 15 is 0 Å². The summed E-state index contributed by atoms with van der Waals surface area (Å²) in [6, 6.07) is 11.3. The number of aromatic nitrogens is 4. The van der Waals surface area contributed by atoms with Crippen molar-refractivity contribution in [3.05, 3.63) is 53.2 Å². The second-order valence-electron chi connectivity index (χ2n) is 10.2. The number of aryl methyl sites for hydroxylation is 1. The third-order valence-corrected chi connectivity index (χ3v) is 7.98. The predicted octanol–water partition coefficient (Wildman–Crippen LogP) is 3.44. The van der Waals surface area contributed by atoms with Crippen molar-refractivity contribution in [1.82, 2.24) is 24.0 Å². The van der Waals surface area contributed by atoms with Crippen molar-refractivity contribution in [3.8, 4) is 11.1 Å². The molecule has 0 N–H and O–H groups in total. The molecule has 35 heavy (non-hydrogen) atoms. The highest BCUT2D eigenvalue weighted by atomic mass is 16.5. The van der Waals surface area contributed by atoms with Crippen LogP contribution in [0, 0.1) is 0 Å². The first-order chi connectivity index (χ1) is 16.9. The summed E-state index contributed by atoms with van der Waals surface area (Å²) in [5.74, 6) is 1.03. The van der Waals surface area contributed by atoms with Crippen LogP contribution in [-0.4, -0.2) is 70.4 Å². The fourth-order valence-corrected chi connectivity index (χ4v) is 5.60. The average molecular weight is 473 g/mol. The Balaban J connectivity index is 1.38. The number of anilines is 1. The summed E-state index contributed by atoms with van der Waals surface area (Å²) >= 11 is 0. The molecule has 0 radical (unpaired) electrons. The highest BCUT2D eigenvalue weighted by molar-refractivity contribution is 6.04. The minimum Gasteiger partial charge on any atom is -0.381 e. The molecule has 8 nitrogen and oxygen atoms in total. The van der Waals surface area contributed by atoms with E-state index in [0.29, 0.717) is 6.04 Å². The second kappa shape index (κ2) is 8.46. The Labute approximate surface area is 204 Å². The molecule has 1 aliphatic carbocycles. The van der Waals surface area contributed by atoms with Crippen molar-refractivity contribution in [3.63, 3.8) is 0 Å². The van der Waals surface area contributed by atoms with Crippen LogP contribution in [0.3, 0.4) is 0 Å². The first-order valence-electron chi connectivity index (χ1n) is 12.3. The van der Waals surface area contributed by atoms with Crippen LogP contribution in [0.5, 0.6) is 0 Å². The number of fused-ring (bicyclic) bond motifs is 3. The molecule has 0 unspecified atom stereocenters. The molecule has 8 heteroatoms. The Morgan fingerprint density at radius 3 is 2.54 bits per heavy atom. The van der Waals surface area contributed by atoms with Gasteiger partial charge in [-0.05, 0) is 63.2 Å². The van der Waals surface area contributed by atoms with Crippen molar-refractivity contribution in [2.75, 3.05) is 39.2 Å². The van der Waals surface area contributed by atoms with Crippen LogP contribution in [0.2, 0.25) is 0 Å². The fraction of sp³-hybridized carbons (Fsp3) is 0.444. The van der Waals surface area contributed by atoms with E-state index in [4.69, 9.17) is 9.72 Å². The maximum atomic E-state index is 13.2. The third-order valence-electron chi connectivity index (χ3n) is 7.98. The zero-order valence-corrected chi connectivity index (χ0v) is 20.8. The number of hydrogen-bond donors (Lipinski definition) is 0. The number of hydrogen-bond acceptors (Lipinski definition) is 6. The number of benzene rings is 1. The topological polar surface area (TPSA) is 68.4 Å². The predicted molar refractivity (Wildman–Crippen MR) is 139 cm³/mol. The van der Waals surface area contributed by atoms with Crippen molar-refractivity contribution >= 4 is 27.8 Å². The highest BCUT2D eigenvalue weighted by Crippen LogP contribution is 2.37. The molecule has 4 heterocycles. The van der Waals surface area contributed by atoms with Crippen molar-refractivity contribution < 1.29 is 4.74 Å². The van der Waals surface area contributed by atoms with E-state index in [-0.39, 0.29) is 17.8 Å². The fourth-order valence-electron chi connectivity index (χ4n) is 5.60. The van der Waals surface area contributed by atoms with Gasteiger partial charge in [-0.25, -0.2) is 9.78 Å². The van der Waals surface area contributed by atoms with Crippen LogP contribution in [0.15, 0.2) is 47.5 Å². The van der Waals surface area contributed by atoms with Gasteiger partial charge in [0.25, 0.3) is 0 Å². The van der Waals surface area contributed by atoms with Crippen molar-refractivity contribution in [2.45, 2.75) is 37.5 Å². The lowest BCUT2D eigenvalue weighted by molar-refractivity contribution is 0.00635. The molecule has 1 aliphatic heterocycles. The molecular formula is C27H32N6O2. The molecule has 0 amide bonds. The minimum atomic E-state index is 0.00640. The minimum absolute atomic E-state index is 0.00640. The average Bonchev–Trinajstić information content (AvgIpc) is 3.43. The number of likely N-dealkylation sites (N-methyl/N-ethyl adjacent to an activating group) is 1. The molecule has 2 aliphatic rings. The molecule has 6 rings (SSSR count). The van der Waals surface area contributed by atoms with E-state index in [1.54, 1.807) is 11.7 Å². The lowest BCUT2D eigenvalue weighted by Gasteiger charge is -2.34. The van der Waals surface area contributed by atoms with Crippen LogP contribution >= 0.6 is 0 Å². The van der Waals surface area contributed by atoms with E-state index in [1.165, 1.54) is 0 Å². The molecular weight excluding hydrogens is 440 g/mol. The number of imidazole rings is 1. The van der Waals surface area contributed by atoms with Crippen molar-refractivity contribution in [2.24, 2.45) is 7.05 Å². The molecule has 2 fully saturated rings. The van der Waals surface area contributed by atoms with Crippen LogP contribution < -0.4 is 10.6 Å².